The van der Waals surface area contributed by atoms with Crippen LogP contribution >= 0.6 is 0 Å². The number of carbonyl (C=O) groups is 1. The molecule has 1 aromatic heterocycles. The van der Waals surface area contributed by atoms with Crippen LogP contribution in [0.15, 0.2) is 28.7 Å². The molecule has 1 aromatic carbocycles. The molecule has 0 unspecified atom stereocenters. The topological polar surface area (TPSA) is 67.2 Å². The number of hydrogen-bond donors (Lipinski definition) is 2. The number of amides is 1. The summed E-state index contributed by atoms with van der Waals surface area (Å²) < 4.78 is 5.56. The van der Waals surface area contributed by atoms with Crippen molar-refractivity contribution in [3.05, 3.63) is 24.3 Å². The van der Waals surface area contributed by atoms with Crippen LogP contribution in [0.25, 0.3) is 11.1 Å². The summed E-state index contributed by atoms with van der Waals surface area (Å²) in [5.41, 5.74) is 1.53. The molecule has 0 aliphatic carbocycles. The number of rotatable bonds is 2. The third-order valence-electron chi connectivity index (χ3n) is 3.13. The van der Waals surface area contributed by atoms with Gasteiger partial charge < -0.3 is 15.1 Å². The molecule has 94 valence electrons. The number of para-hydroxylation sites is 2. The number of hydrogen-bond acceptors (Lipinski definition) is 4. The van der Waals surface area contributed by atoms with Gasteiger partial charge in [0.2, 0.25) is 5.91 Å². The standard InChI is InChI=1S/C13H15N3O2/c17-12-10(6-3-4-8-14-12)16-13-15-9-5-1-2-7-11(9)18-13/h1-2,5,7,10H,3-4,6,8H2,(H,14,17)(H,15,16)/t10-/m0/s1. The maximum absolute atomic E-state index is 11.8. The molecule has 2 aromatic rings. The van der Waals surface area contributed by atoms with Crippen LogP contribution < -0.4 is 10.6 Å². The Balaban J connectivity index is 1.80. The van der Waals surface area contributed by atoms with E-state index < -0.39 is 0 Å². The molecular formula is C13H15N3O2. The summed E-state index contributed by atoms with van der Waals surface area (Å²) in [5, 5.41) is 5.95. The zero-order valence-corrected chi connectivity index (χ0v) is 9.98. The Morgan fingerprint density at radius 2 is 2.22 bits per heavy atom. The van der Waals surface area contributed by atoms with Gasteiger partial charge in [-0.25, -0.2) is 0 Å². The molecule has 1 atom stereocenters. The summed E-state index contributed by atoms with van der Waals surface area (Å²) in [6, 6.07) is 7.72. The van der Waals surface area contributed by atoms with Gasteiger partial charge in [-0.2, -0.15) is 4.98 Å². The first kappa shape index (κ1) is 11.1. The van der Waals surface area contributed by atoms with Crippen molar-refractivity contribution in [2.75, 3.05) is 11.9 Å². The minimum absolute atomic E-state index is 0.0229. The molecule has 5 nitrogen and oxygen atoms in total. The Kier molecular flexibility index (Phi) is 2.88. The lowest BCUT2D eigenvalue weighted by molar-refractivity contribution is -0.121. The lowest BCUT2D eigenvalue weighted by atomic mass is 10.1. The number of carbonyl (C=O) groups excluding carboxylic acids is 1. The van der Waals surface area contributed by atoms with E-state index >= 15 is 0 Å². The number of oxazole rings is 1. The smallest absolute Gasteiger partial charge is 0.296 e. The molecule has 0 spiro atoms. The molecule has 2 heterocycles. The molecule has 3 rings (SSSR count). The fraction of sp³-hybridized carbons (Fsp3) is 0.385. The van der Waals surface area contributed by atoms with E-state index in [1.165, 1.54) is 0 Å². The predicted octanol–water partition coefficient (Wildman–Crippen LogP) is 1.91. The minimum Gasteiger partial charge on any atom is -0.424 e. The average Bonchev–Trinajstić information content (AvgIpc) is 2.68. The molecule has 1 amide bonds. The van der Waals surface area contributed by atoms with Crippen molar-refractivity contribution in [2.45, 2.75) is 25.3 Å². The van der Waals surface area contributed by atoms with E-state index in [4.69, 9.17) is 4.42 Å². The lowest BCUT2D eigenvalue weighted by Gasteiger charge is -2.12. The fourth-order valence-corrected chi connectivity index (χ4v) is 2.16. The first-order valence-electron chi connectivity index (χ1n) is 6.23. The van der Waals surface area contributed by atoms with Crippen molar-refractivity contribution in [2.24, 2.45) is 0 Å². The van der Waals surface area contributed by atoms with Gasteiger partial charge in [0.1, 0.15) is 11.6 Å². The second-order valence-electron chi connectivity index (χ2n) is 4.47. The van der Waals surface area contributed by atoms with E-state index in [-0.39, 0.29) is 11.9 Å². The number of nitrogens with one attached hydrogen (secondary N) is 2. The molecule has 1 fully saturated rings. The molecule has 5 heteroatoms. The van der Waals surface area contributed by atoms with Crippen molar-refractivity contribution in [3.63, 3.8) is 0 Å². The molecule has 1 aliphatic heterocycles. The predicted molar refractivity (Wildman–Crippen MR) is 68.3 cm³/mol. The van der Waals surface area contributed by atoms with Crippen molar-refractivity contribution in [1.82, 2.24) is 10.3 Å². The second-order valence-corrected chi connectivity index (χ2v) is 4.47. The normalized spacial score (nSPS) is 20.4. The van der Waals surface area contributed by atoms with E-state index in [9.17, 15) is 4.79 Å². The molecule has 2 N–H and O–H groups in total. The van der Waals surface area contributed by atoms with Gasteiger partial charge >= 0.3 is 0 Å². The third-order valence-corrected chi connectivity index (χ3v) is 3.13. The molecular weight excluding hydrogens is 230 g/mol. The highest BCUT2D eigenvalue weighted by Gasteiger charge is 2.22. The summed E-state index contributed by atoms with van der Waals surface area (Å²) >= 11 is 0. The number of nitrogens with zero attached hydrogens (tertiary/aromatic N) is 1. The van der Waals surface area contributed by atoms with Crippen LogP contribution in [0, 0.1) is 0 Å². The maximum Gasteiger partial charge on any atom is 0.296 e. The molecule has 1 aliphatic rings. The average molecular weight is 245 g/mol. The van der Waals surface area contributed by atoms with Gasteiger partial charge in [0.05, 0.1) is 0 Å². The van der Waals surface area contributed by atoms with Gasteiger partial charge in [0.15, 0.2) is 5.58 Å². The first-order valence-corrected chi connectivity index (χ1v) is 6.23. The Hall–Kier alpha value is -2.04. The van der Waals surface area contributed by atoms with Gasteiger partial charge in [-0.1, -0.05) is 12.1 Å². The summed E-state index contributed by atoms with van der Waals surface area (Å²) in [6.07, 6.45) is 2.86. The van der Waals surface area contributed by atoms with Crippen LogP contribution in [0.4, 0.5) is 6.01 Å². The highest BCUT2D eigenvalue weighted by Crippen LogP contribution is 2.20. The zero-order valence-electron chi connectivity index (χ0n) is 9.98. The van der Waals surface area contributed by atoms with Crippen molar-refractivity contribution in [3.8, 4) is 0 Å². The SMILES string of the molecule is O=C1NCCCC[C@@H]1Nc1nc2ccccc2o1. The van der Waals surface area contributed by atoms with E-state index in [0.29, 0.717) is 6.01 Å². The maximum atomic E-state index is 11.8. The molecule has 0 bridgehead atoms. The number of aromatic nitrogens is 1. The van der Waals surface area contributed by atoms with Crippen molar-refractivity contribution < 1.29 is 9.21 Å². The highest BCUT2D eigenvalue weighted by molar-refractivity contribution is 5.84. The first-order chi connectivity index (χ1) is 8.83. The summed E-state index contributed by atoms with van der Waals surface area (Å²) in [4.78, 5) is 16.1. The minimum atomic E-state index is -0.249. The Labute approximate surface area is 105 Å². The van der Waals surface area contributed by atoms with Gasteiger partial charge in [0.25, 0.3) is 6.01 Å². The van der Waals surface area contributed by atoms with Crippen molar-refractivity contribution >= 4 is 23.0 Å². The van der Waals surface area contributed by atoms with Crippen LogP contribution in [0.3, 0.4) is 0 Å². The van der Waals surface area contributed by atoms with E-state index in [1.807, 2.05) is 24.3 Å². The van der Waals surface area contributed by atoms with E-state index in [2.05, 4.69) is 15.6 Å². The third kappa shape index (κ3) is 2.16. The Morgan fingerprint density at radius 1 is 1.33 bits per heavy atom. The van der Waals surface area contributed by atoms with Gasteiger partial charge in [-0.05, 0) is 31.4 Å². The number of anilines is 1. The summed E-state index contributed by atoms with van der Waals surface area (Å²) in [7, 11) is 0. The van der Waals surface area contributed by atoms with Gasteiger partial charge in [-0.15, -0.1) is 0 Å². The molecule has 0 radical (unpaired) electrons. The van der Waals surface area contributed by atoms with Crippen LogP contribution in [0.1, 0.15) is 19.3 Å². The number of fused-ring (bicyclic) bond motifs is 1. The van der Waals surface area contributed by atoms with Crippen LogP contribution in [0.5, 0.6) is 0 Å². The van der Waals surface area contributed by atoms with Crippen LogP contribution in [-0.4, -0.2) is 23.5 Å². The second kappa shape index (κ2) is 4.68. The molecule has 0 saturated carbocycles. The highest BCUT2D eigenvalue weighted by atomic mass is 16.4. The van der Waals surface area contributed by atoms with Crippen LogP contribution in [-0.2, 0) is 4.79 Å². The van der Waals surface area contributed by atoms with Gasteiger partial charge in [0, 0.05) is 6.54 Å². The zero-order chi connectivity index (χ0) is 12.4. The van der Waals surface area contributed by atoms with Gasteiger partial charge in [-0.3, -0.25) is 4.79 Å². The van der Waals surface area contributed by atoms with Crippen molar-refractivity contribution in [1.29, 1.82) is 0 Å². The molecule has 1 saturated heterocycles. The molecule has 18 heavy (non-hydrogen) atoms. The Bertz CT molecular complexity index is 531. The largest absolute Gasteiger partial charge is 0.424 e. The number of benzene rings is 1. The summed E-state index contributed by atoms with van der Waals surface area (Å²) in [6.45, 7) is 0.755. The van der Waals surface area contributed by atoms with E-state index in [0.717, 1.165) is 36.9 Å². The lowest BCUT2D eigenvalue weighted by Crippen LogP contribution is -2.37. The van der Waals surface area contributed by atoms with Crippen LogP contribution in [0.2, 0.25) is 0 Å². The summed E-state index contributed by atoms with van der Waals surface area (Å²) in [5.74, 6) is 0.0229. The van der Waals surface area contributed by atoms with E-state index in [1.54, 1.807) is 0 Å². The fourth-order valence-electron chi connectivity index (χ4n) is 2.16. The Morgan fingerprint density at radius 3 is 3.11 bits per heavy atom. The quantitative estimate of drug-likeness (QED) is 0.848. The monoisotopic (exact) mass is 245 g/mol.